The first-order valence-corrected chi connectivity index (χ1v) is 12.6. The Morgan fingerprint density at radius 3 is 2.74 bits per heavy atom. The first-order valence-electron chi connectivity index (χ1n) is 11.1. The van der Waals surface area contributed by atoms with E-state index in [4.69, 9.17) is 11.6 Å². The van der Waals surface area contributed by atoms with Gasteiger partial charge >= 0.3 is 0 Å². The summed E-state index contributed by atoms with van der Waals surface area (Å²) in [6.45, 7) is 1.25. The Hall–Kier alpha value is -3.03. The first kappa shape index (κ1) is 22.7. The summed E-state index contributed by atoms with van der Waals surface area (Å²) in [4.78, 5) is 27.6. The van der Waals surface area contributed by atoms with Crippen LogP contribution in [0, 0.1) is 5.82 Å². The summed E-state index contributed by atoms with van der Waals surface area (Å²) in [5, 5.41) is 6.53. The first-order chi connectivity index (χ1) is 16.5. The second-order valence-corrected chi connectivity index (χ2v) is 9.84. The van der Waals surface area contributed by atoms with Crippen LogP contribution < -0.4 is 10.6 Å². The third-order valence-corrected chi connectivity index (χ3v) is 7.60. The predicted octanol–water partition coefficient (Wildman–Crippen LogP) is 5.34. The van der Waals surface area contributed by atoms with Crippen molar-refractivity contribution in [1.82, 2.24) is 4.90 Å². The van der Waals surface area contributed by atoms with Crippen LogP contribution in [0.2, 0.25) is 5.02 Å². The van der Waals surface area contributed by atoms with E-state index in [0.29, 0.717) is 46.4 Å². The van der Waals surface area contributed by atoms with Gasteiger partial charge in [0.15, 0.2) is 0 Å². The molecule has 3 aromatic rings. The Morgan fingerprint density at radius 1 is 1.09 bits per heavy atom. The molecule has 2 N–H and O–H groups in total. The van der Waals surface area contributed by atoms with E-state index in [1.54, 1.807) is 24.3 Å². The maximum atomic E-state index is 14.0. The molecule has 0 saturated carbocycles. The van der Waals surface area contributed by atoms with Gasteiger partial charge in [-0.2, -0.15) is 11.8 Å². The molecule has 2 aliphatic rings. The molecule has 2 amide bonds. The van der Waals surface area contributed by atoms with Crippen molar-refractivity contribution in [3.8, 4) is 0 Å². The average molecular weight is 496 g/mol. The van der Waals surface area contributed by atoms with Crippen molar-refractivity contribution < 1.29 is 14.0 Å². The fourth-order valence-corrected chi connectivity index (χ4v) is 5.69. The molecule has 2 aliphatic heterocycles. The van der Waals surface area contributed by atoms with Crippen LogP contribution in [0.5, 0.6) is 0 Å². The number of carbonyl (C=O) groups excluding carboxylic acids is 2. The van der Waals surface area contributed by atoms with Gasteiger partial charge in [-0.25, -0.2) is 4.39 Å². The normalized spacial score (nSPS) is 16.8. The molecule has 0 aromatic heterocycles. The quantitative estimate of drug-likeness (QED) is 0.501. The summed E-state index contributed by atoms with van der Waals surface area (Å²) >= 11 is 7.52. The standard InChI is InChI=1S/C26H23ClFN3O2S/c27-20-6-3-7-21(28)19(20)14-34-15-24-25(32)30-23-12-17(8-9-22(23)29-24)26(33)31-11-10-16-4-1-2-5-18(16)13-31/h1-9,12,24,29H,10-11,13-15H2,(H,30,32)/t24-/m1/s1. The van der Waals surface area contributed by atoms with Crippen molar-refractivity contribution in [3.63, 3.8) is 0 Å². The number of carbonyl (C=O) groups is 2. The Morgan fingerprint density at radius 2 is 1.91 bits per heavy atom. The van der Waals surface area contributed by atoms with Crippen LogP contribution in [0.4, 0.5) is 15.8 Å². The zero-order chi connectivity index (χ0) is 23.7. The lowest BCUT2D eigenvalue weighted by molar-refractivity contribution is -0.116. The number of thioether (sulfide) groups is 1. The van der Waals surface area contributed by atoms with Gasteiger partial charge in [-0.15, -0.1) is 0 Å². The van der Waals surface area contributed by atoms with Crippen LogP contribution in [0.3, 0.4) is 0 Å². The maximum Gasteiger partial charge on any atom is 0.254 e. The molecule has 0 unspecified atom stereocenters. The van der Waals surface area contributed by atoms with Crippen molar-refractivity contribution >= 4 is 46.6 Å². The molecule has 5 rings (SSSR count). The van der Waals surface area contributed by atoms with Crippen LogP contribution in [-0.2, 0) is 23.5 Å². The number of rotatable bonds is 5. The van der Waals surface area contributed by atoms with Gasteiger partial charge in [0.25, 0.3) is 5.91 Å². The van der Waals surface area contributed by atoms with Crippen molar-refractivity contribution in [3.05, 3.63) is 93.8 Å². The molecule has 5 nitrogen and oxygen atoms in total. The van der Waals surface area contributed by atoms with E-state index < -0.39 is 6.04 Å². The van der Waals surface area contributed by atoms with Gasteiger partial charge < -0.3 is 15.5 Å². The number of halogens is 2. The molecule has 0 bridgehead atoms. The molecular weight excluding hydrogens is 473 g/mol. The summed E-state index contributed by atoms with van der Waals surface area (Å²) in [5.41, 5.74) is 4.79. The van der Waals surface area contributed by atoms with Gasteiger partial charge in [0.1, 0.15) is 11.9 Å². The SMILES string of the molecule is O=C1Nc2cc(C(=O)N3CCc4ccccc4C3)ccc2N[C@@H]1CSCc1c(F)cccc1Cl. The molecule has 8 heteroatoms. The van der Waals surface area contributed by atoms with E-state index in [1.165, 1.54) is 29.0 Å². The lowest BCUT2D eigenvalue weighted by atomic mass is 9.99. The van der Waals surface area contributed by atoms with Crippen LogP contribution in [-0.4, -0.2) is 35.1 Å². The molecule has 0 radical (unpaired) electrons. The van der Waals surface area contributed by atoms with Crippen molar-refractivity contribution in [2.45, 2.75) is 24.8 Å². The maximum absolute atomic E-state index is 14.0. The van der Waals surface area contributed by atoms with E-state index in [1.807, 2.05) is 23.1 Å². The lowest BCUT2D eigenvalue weighted by Crippen LogP contribution is -2.41. The van der Waals surface area contributed by atoms with Crippen molar-refractivity contribution in [2.75, 3.05) is 22.9 Å². The predicted molar refractivity (Wildman–Crippen MR) is 135 cm³/mol. The number of benzene rings is 3. The van der Waals surface area contributed by atoms with Crippen molar-refractivity contribution in [2.24, 2.45) is 0 Å². The molecule has 3 aromatic carbocycles. The highest BCUT2D eigenvalue weighted by Crippen LogP contribution is 2.31. The Balaban J connectivity index is 1.23. The highest BCUT2D eigenvalue weighted by molar-refractivity contribution is 7.98. The smallest absolute Gasteiger partial charge is 0.254 e. The highest BCUT2D eigenvalue weighted by atomic mass is 35.5. The lowest BCUT2D eigenvalue weighted by Gasteiger charge is -2.30. The Kier molecular flexibility index (Phi) is 6.48. The van der Waals surface area contributed by atoms with Gasteiger partial charge in [0.05, 0.1) is 11.4 Å². The molecular formula is C26H23ClFN3O2S. The van der Waals surface area contributed by atoms with Crippen LogP contribution in [0.25, 0.3) is 0 Å². The minimum absolute atomic E-state index is 0.0500. The molecule has 34 heavy (non-hydrogen) atoms. The summed E-state index contributed by atoms with van der Waals surface area (Å²) in [6, 6.07) is 17.7. The zero-order valence-electron chi connectivity index (χ0n) is 18.3. The monoisotopic (exact) mass is 495 g/mol. The van der Waals surface area contributed by atoms with E-state index in [-0.39, 0.29) is 17.6 Å². The molecule has 0 saturated heterocycles. The number of nitrogens with zero attached hydrogens (tertiary/aromatic N) is 1. The van der Waals surface area contributed by atoms with E-state index in [2.05, 4.69) is 22.8 Å². The number of hydrogen-bond acceptors (Lipinski definition) is 4. The van der Waals surface area contributed by atoms with Crippen LogP contribution in [0.15, 0.2) is 60.7 Å². The number of anilines is 2. The van der Waals surface area contributed by atoms with E-state index >= 15 is 0 Å². The minimum atomic E-state index is -0.469. The van der Waals surface area contributed by atoms with E-state index in [0.717, 1.165) is 12.1 Å². The second kappa shape index (κ2) is 9.68. The van der Waals surface area contributed by atoms with Gasteiger partial charge in [0, 0.05) is 40.7 Å². The second-order valence-electron chi connectivity index (χ2n) is 8.41. The molecule has 1 atom stereocenters. The van der Waals surface area contributed by atoms with E-state index in [9.17, 15) is 14.0 Å². The number of nitrogens with one attached hydrogen (secondary N) is 2. The fraction of sp³-hybridized carbons (Fsp3) is 0.231. The average Bonchev–Trinajstić information content (AvgIpc) is 2.85. The van der Waals surface area contributed by atoms with Crippen LogP contribution in [0.1, 0.15) is 27.0 Å². The third-order valence-electron chi connectivity index (χ3n) is 6.18. The zero-order valence-corrected chi connectivity index (χ0v) is 19.9. The summed E-state index contributed by atoms with van der Waals surface area (Å²) in [5.74, 6) is 0.239. The Bertz CT molecular complexity index is 1250. The largest absolute Gasteiger partial charge is 0.371 e. The number of amides is 2. The fourth-order valence-electron chi connectivity index (χ4n) is 4.30. The molecule has 2 heterocycles. The highest BCUT2D eigenvalue weighted by Gasteiger charge is 2.28. The third kappa shape index (κ3) is 4.63. The van der Waals surface area contributed by atoms with Gasteiger partial charge in [-0.1, -0.05) is 41.9 Å². The Labute approximate surface area is 206 Å². The van der Waals surface area contributed by atoms with Crippen molar-refractivity contribution in [1.29, 1.82) is 0 Å². The number of fused-ring (bicyclic) bond motifs is 2. The van der Waals surface area contributed by atoms with Crippen LogP contribution >= 0.6 is 23.4 Å². The minimum Gasteiger partial charge on any atom is -0.371 e. The molecule has 174 valence electrons. The van der Waals surface area contributed by atoms with Gasteiger partial charge in [-0.3, -0.25) is 9.59 Å². The topological polar surface area (TPSA) is 61.4 Å². The molecule has 0 spiro atoms. The summed E-state index contributed by atoms with van der Waals surface area (Å²) in [7, 11) is 0. The summed E-state index contributed by atoms with van der Waals surface area (Å²) in [6.07, 6.45) is 0.836. The summed E-state index contributed by atoms with van der Waals surface area (Å²) < 4.78 is 14.0. The van der Waals surface area contributed by atoms with Gasteiger partial charge in [-0.05, 0) is 47.9 Å². The molecule has 0 fully saturated rings. The number of hydrogen-bond donors (Lipinski definition) is 2. The van der Waals surface area contributed by atoms with Gasteiger partial charge in [0.2, 0.25) is 5.91 Å². The molecule has 0 aliphatic carbocycles.